The van der Waals surface area contributed by atoms with Gasteiger partial charge in [-0.1, -0.05) is 23.4 Å². The normalized spacial score (nSPS) is 15.5. The van der Waals surface area contributed by atoms with Gasteiger partial charge in [0.25, 0.3) is 5.56 Å². The van der Waals surface area contributed by atoms with E-state index < -0.39 is 0 Å². The Morgan fingerprint density at radius 2 is 2.03 bits per heavy atom. The van der Waals surface area contributed by atoms with Crippen LogP contribution in [0.15, 0.2) is 47.5 Å². The van der Waals surface area contributed by atoms with Crippen LogP contribution in [-0.2, 0) is 11.3 Å². The van der Waals surface area contributed by atoms with Crippen molar-refractivity contribution in [1.82, 2.24) is 29.5 Å². The Kier molecular flexibility index (Phi) is 5.97. The van der Waals surface area contributed by atoms with Crippen LogP contribution in [0.1, 0.15) is 31.4 Å². The van der Waals surface area contributed by atoms with Gasteiger partial charge >= 0.3 is 0 Å². The van der Waals surface area contributed by atoms with Gasteiger partial charge in [-0.2, -0.15) is 0 Å². The fraction of sp³-hybridized carbons (Fsp3) is 0.375. The number of methoxy groups -OCH3 is 1. The summed E-state index contributed by atoms with van der Waals surface area (Å²) >= 11 is 0. The van der Waals surface area contributed by atoms with Crippen LogP contribution in [0, 0.1) is 5.92 Å². The van der Waals surface area contributed by atoms with Crippen molar-refractivity contribution in [3.8, 4) is 17.1 Å². The van der Waals surface area contributed by atoms with E-state index in [0.29, 0.717) is 40.7 Å². The summed E-state index contributed by atoms with van der Waals surface area (Å²) < 4.78 is 14.4. The van der Waals surface area contributed by atoms with E-state index in [2.05, 4.69) is 27.2 Å². The third-order valence-electron chi connectivity index (χ3n) is 6.48. The van der Waals surface area contributed by atoms with E-state index in [1.54, 1.807) is 18.0 Å². The number of benzene rings is 1. The molecule has 5 rings (SSSR count). The highest BCUT2D eigenvalue weighted by molar-refractivity contribution is 5.95. The van der Waals surface area contributed by atoms with Crippen LogP contribution in [0.4, 0.5) is 5.95 Å². The summed E-state index contributed by atoms with van der Waals surface area (Å²) in [5, 5.41) is 9.29. The number of nitrogens with two attached hydrogens (primary N) is 1. The summed E-state index contributed by atoms with van der Waals surface area (Å²) in [6, 6.07) is 9.42. The van der Waals surface area contributed by atoms with Gasteiger partial charge < -0.3 is 19.8 Å². The van der Waals surface area contributed by atoms with E-state index in [0.717, 1.165) is 31.4 Å². The van der Waals surface area contributed by atoms with E-state index >= 15 is 0 Å². The van der Waals surface area contributed by atoms with E-state index in [-0.39, 0.29) is 17.5 Å². The second kappa shape index (κ2) is 9.22. The molecular weight excluding hydrogens is 434 g/mol. The Morgan fingerprint density at radius 3 is 2.82 bits per heavy atom. The Labute approximate surface area is 196 Å². The highest BCUT2D eigenvalue weighted by Crippen LogP contribution is 2.31. The van der Waals surface area contributed by atoms with Crippen LogP contribution in [-0.4, -0.2) is 49.9 Å². The van der Waals surface area contributed by atoms with Crippen molar-refractivity contribution in [2.24, 2.45) is 5.92 Å². The molecule has 10 heteroatoms. The number of ether oxygens (including phenoxy) is 2. The van der Waals surface area contributed by atoms with Gasteiger partial charge in [0, 0.05) is 36.4 Å². The fourth-order valence-corrected chi connectivity index (χ4v) is 4.58. The SMILES string of the molecule is COc1cccc2c(-c3cn(Cc4cccn([C@H](C)C5CCOCC5)c4=O)nn3)nc(N)nc12. The maximum absolute atomic E-state index is 13.2. The molecule has 0 spiro atoms. The largest absolute Gasteiger partial charge is 0.494 e. The Bertz CT molecular complexity index is 1370. The number of hydrogen-bond acceptors (Lipinski definition) is 8. The average molecular weight is 462 g/mol. The topological polar surface area (TPSA) is 123 Å². The molecule has 0 radical (unpaired) electrons. The minimum absolute atomic E-state index is 0.0139. The van der Waals surface area contributed by atoms with Crippen LogP contribution >= 0.6 is 0 Å². The number of aromatic nitrogens is 6. The molecule has 4 aromatic rings. The summed E-state index contributed by atoms with van der Waals surface area (Å²) in [5.74, 6) is 1.14. The second-order valence-electron chi connectivity index (χ2n) is 8.52. The molecule has 0 unspecified atom stereocenters. The van der Waals surface area contributed by atoms with E-state index in [1.807, 2.05) is 41.1 Å². The molecule has 1 aromatic carbocycles. The second-order valence-corrected chi connectivity index (χ2v) is 8.52. The van der Waals surface area contributed by atoms with Crippen LogP contribution in [0.25, 0.3) is 22.3 Å². The first kappa shape index (κ1) is 22.0. The molecule has 1 atom stereocenters. The molecular formula is C24H27N7O3. The lowest BCUT2D eigenvalue weighted by Crippen LogP contribution is -2.32. The number of rotatable bonds is 6. The van der Waals surface area contributed by atoms with E-state index in [1.165, 1.54) is 0 Å². The van der Waals surface area contributed by atoms with Crippen molar-refractivity contribution in [3.05, 3.63) is 58.6 Å². The highest BCUT2D eigenvalue weighted by atomic mass is 16.5. The average Bonchev–Trinajstić information content (AvgIpc) is 3.33. The van der Waals surface area contributed by atoms with Gasteiger partial charge in [0.05, 0.1) is 19.9 Å². The Balaban J connectivity index is 1.44. The number of nitrogens with zero attached hydrogens (tertiary/aromatic N) is 6. The third-order valence-corrected chi connectivity index (χ3v) is 6.48. The molecule has 34 heavy (non-hydrogen) atoms. The first-order valence-electron chi connectivity index (χ1n) is 11.3. The number of nitrogen functional groups attached to an aromatic ring is 1. The maximum Gasteiger partial charge on any atom is 0.255 e. The molecule has 0 saturated carbocycles. The zero-order chi connectivity index (χ0) is 23.7. The number of pyridine rings is 1. The molecule has 0 bridgehead atoms. The number of hydrogen-bond donors (Lipinski definition) is 1. The van der Waals surface area contributed by atoms with Gasteiger partial charge in [-0.05, 0) is 37.8 Å². The summed E-state index contributed by atoms with van der Waals surface area (Å²) in [6.45, 7) is 3.90. The molecule has 1 saturated heterocycles. The van der Waals surface area contributed by atoms with Gasteiger partial charge in [-0.15, -0.1) is 5.10 Å². The summed E-state index contributed by atoms with van der Waals surface area (Å²) in [4.78, 5) is 22.0. The number of anilines is 1. The zero-order valence-corrected chi connectivity index (χ0v) is 19.2. The summed E-state index contributed by atoms with van der Waals surface area (Å²) in [7, 11) is 1.58. The van der Waals surface area contributed by atoms with Gasteiger partial charge in [0.1, 0.15) is 22.7 Å². The fourth-order valence-electron chi connectivity index (χ4n) is 4.58. The maximum atomic E-state index is 13.2. The zero-order valence-electron chi connectivity index (χ0n) is 19.2. The minimum atomic E-state index is -0.0139. The molecule has 4 heterocycles. The molecule has 1 aliphatic rings. The number of fused-ring (bicyclic) bond motifs is 1. The van der Waals surface area contributed by atoms with Crippen molar-refractivity contribution < 1.29 is 9.47 Å². The first-order chi connectivity index (χ1) is 16.5. The van der Waals surface area contributed by atoms with Gasteiger partial charge in [-0.25, -0.2) is 14.6 Å². The van der Waals surface area contributed by atoms with Crippen LogP contribution in [0.3, 0.4) is 0 Å². The Hall–Kier alpha value is -3.79. The van der Waals surface area contributed by atoms with Crippen molar-refractivity contribution in [1.29, 1.82) is 0 Å². The predicted octanol–water partition coefficient (Wildman–Crippen LogP) is 2.68. The van der Waals surface area contributed by atoms with Crippen LogP contribution < -0.4 is 16.0 Å². The molecule has 2 N–H and O–H groups in total. The van der Waals surface area contributed by atoms with Crippen LogP contribution in [0.2, 0.25) is 0 Å². The molecule has 10 nitrogen and oxygen atoms in total. The van der Waals surface area contributed by atoms with E-state index in [9.17, 15) is 4.79 Å². The monoisotopic (exact) mass is 461 g/mol. The summed E-state index contributed by atoms with van der Waals surface area (Å²) in [5.41, 5.74) is 8.30. The first-order valence-corrected chi connectivity index (χ1v) is 11.3. The lowest BCUT2D eigenvalue weighted by atomic mass is 9.92. The number of para-hydroxylation sites is 1. The predicted molar refractivity (Wildman–Crippen MR) is 128 cm³/mol. The van der Waals surface area contributed by atoms with Gasteiger partial charge in [0.15, 0.2) is 0 Å². The molecule has 1 aliphatic heterocycles. The molecule has 1 fully saturated rings. The summed E-state index contributed by atoms with van der Waals surface area (Å²) in [6.07, 6.45) is 5.55. The smallest absolute Gasteiger partial charge is 0.255 e. The lowest BCUT2D eigenvalue weighted by molar-refractivity contribution is 0.0508. The molecule has 0 amide bonds. The van der Waals surface area contributed by atoms with Gasteiger partial charge in [0.2, 0.25) is 5.95 Å². The van der Waals surface area contributed by atoms with Crippen molar-refractivity contribution >= 4 is 16.9 Å². The Morgan fingerprint density at radius 1 is 1.21 bits per heavy atom. The van der Waals surface area contributed by atoms with Crippen LogP contribution in [0.5, 0.6) is 5.75 Å². The molecule has 3 aromatic heterocycles. The highest BCUT2D eigenvalue weighted by Gasteiger charge is 2.23. The van der Waals surface area contributed by atoms with Crippen molar-refractivity contribution in [2.75, 3.05) is 26.1 Å². The standard InChI is InChI=1S/C24H27N7O3/c1-15(16-8-11-34-12-9-16)31-10-4-5-17(23(31)32)13-30-14-19(28-29-30)21-18-6-3-7-20(33-2)22(18)27-24(25)26-21/h3-7,10,14-16H,8-9,11-13H2,1-2H3,(H2,25,26,27)/t15-/m1/s1. The molecule has 0 aliphatic carbocycles. The molecule has 176 valence electrons. The lowest BCUT2D eigenvalue weighted by Gasteiger charge is -2.29. The van der Waals surface area contributed by atoms with Crippen molar-refractivity contribution in [3.63, 3.8) is 0 Å². The minimum Gasteiger partial charge on any atom is -0.494 e. The van der Waals surface area contributed by atoms with Crippen molar-refractivity contribution in [2.45, 2.75) is 32.4 Å². The van der Waals surface area contributed by atoms with E-state index in [4.69, 9.17) is 15.2 Å². The van der Waals surface area contributed by atoms with Gasteiger partial charge in [-0.3, -0.25) is 4.79 Å². The third kappa shape index (κ3) is 4.12. The quantitative estimate of drug-likeness (QED) is 0.465.